The summed E-state index contributed by atoms with van der Waals surface area (Å²) in [6.07, 6.45) is 1.32. The minimum absolute atomic E-state index is 0.0944. The first kappa shape index (κ1) is 11.2. The molecule has 0 fully saturated rings. The third-order valence-corrected chi connectivity index (χ3v) is 1.11. The lowest BCUT2D eigenvalue weighted by Gasteiger charge is -2.06. The van der Waals surface area contributed by atoms with Gasteiger partial charge >= 0.3 is 0 Å². The maximum Gasteiger partial charge on any atom is 0.187 e. The molecule has 0 aromatic carbocycles. The Hall–Kier alpha value is -1.78. The zero-order valence-corrected chi connectivity index (χ0v) is 7.47. The van der Waals surface area contributed by atoms with Gasteiger partial charge in [0, 0.05) is 6.92 Å². The fourth-order valence-corrected chi connectivity index (χ4v) is 0.573. The summed E-state index contributed by atoms with van der Waals surface area (Å²) in [6.45, 7) is 7.97. The van der Waals surface area contributed by atoms with Crippen LogP contribution < -0.4 is 16.8 Å². The van der Waals surface area contributed by atoms with Crippen molar-refractivity contribution in [3.63, 3.8) is 0 Å². The van der Waals surface area contributed by atoms with Crippen molar-refractivity contribution in [3.05, 3.63) is 36.6 Å². The summed E-state index contributed by atoms with van der Waals surface area (Å²) >= 11 is 0. The summed E-state index contributed by atoms with van der Waals surface area (Å²) in [5.74, 6) is -0.531. The Kier molecular flexibility index (Phi) is 4.29. The van der Waals surface area contributed by atoms with Gasteiger partial charge in [0.25, 0.3) is 0 Å². The van der Waals surface area contributed by atoms with E-state index in [1.165, 1.54) is 13.1 Å². The van der Waals surface area contributed by atoms with Crippen LogP contribution in [0.5, 0.6) is 0 Å². The number of aliphatic imine (C=N–C) groups is 1. The van der Waals surface area contributed by atoms with Gasteiger partial charge in [0.2, 0.25) is 0 Å². The first-order chi connectivity index (χ1) is 5.99. The topological polar surface area (TPSA) is 76.4 Å². The van der Waals surface area contributed by atoms with Gasteiger partial charge in [-0.05, 0) is 6.20 Å². The number of hydrogen-bond donors (Lipinski definition) is 3. The predicted octanol–water partition coefficient (Wildman–Crippen LogP) is 0.708. The van der Waals surface area contributed by atoms with Crippen molar-refractivity contribution in [2.24, 2.45) is 16.5 Å². The van der Waals surface area contributed by atoms with E-state index in [4.69, 9.17) is 11.5 Å². The lowest BCUT2D eigenvalue weighted by atomic mass is 10.3. The predicted molar refractivity (Wildman–Crippen MR) is 52.1 cm³/mol. The van der Waals surface area contributed by atoms with E-state index in [1.807, 2.05) is 0 Å². The molecule has 0 aromatic rings. The van der Waals surface area contributed by atoms with Crippen molar-refractivity contribution < 1.29 is 4.39 Å². The molecule has 0 rings (SSSR count). The molecule has 0 saturated carbocycles. The molecule has 72 valence electrons. The van der Waals surface area contributed by atoms with Crippen LogP contribution in [-0.2, 0) is 0 Å². The highest BCUT2D eigenvalue weighted by Gasteiger charge is 2.02. The van der Waals surface area contributed by atoms with E-state index in [-0.39, 0.29) is 17.2 Å². The van der Waals surface area contributed by atoms with Gasteiger partial charge in [0.05, 0.1) is 11.4 Å². The molecule has 0 aliphatic carbocycles. The van der Waals surface area contributed by atoms with Gasteiger partial charge in [0.15, 0.2) is 11.8 Å². The molecule has 5 heteroatoms. The molecule has 0 aliphatic heterocycles. The van der Waals surface area contributed by atoms with Crippen molar-refractivity contribution in [2.45, 2.75) is 6.92 Å². The average molecular weight is 184 g/mol. The third-order valence-electron chi connectivity index (χ3n) is 1.11. The van der Waals surface area contributed by atoms with Crippen molar-refractivity contribution >= 4 is 5.97 Å². The maximum absolute atomic E-state index is 12.4. The Bertz CT molecular complexity index is 274. The van der Waals surface area contributed by atoms with E-state index in [9.17, 15) is 4.39 Å². The summed E-state index contributed by atoms with van der Waals surface area (Å²) < 4.78 is 12.4. The van der Waals surface area contributed by atoms with Gasteiger partial charge in [-0.3, -0.25) is 0 Å². The van der Waals surface area contributed by atoms with Crippen molar-refractivity contribution in [3.8, 4) is 0 Å². The highest BCUT2D eigenvalue weighted by Crippen LogP contribution is 2.03. The van der Waals surface area contributed by atoms with Crippen LogP contribution in [0.4, 0.5) is 4.39 Å². The second-order valence-electron chi connectivity index (χ2n) is 2.24. The van der Waals surface area contributed by atoms with E-state index in [0.717, 1.165) is 0 Å². The van der Waals surface area contributed by atoms with Crippen LogP contribution >= 0.6 is 0 Å². The minimum Gasteiger partial charge on any atom is -0.397 e. The molecule has 0 amide bonds. The molecule has 0 aliphatic rings. The number of halogens is 1. The van der Waals surface area contributed by atoms with Crippen molar-refractivity contribution in [1.29, 1.82) is 0 Å². The second kappa shape index (κ2) is 4.97. The van der Waals surface area contributed by atoms with E-state index < -0.39 is 5.97 Å². The molecule has 0 radical (unpaired) electrons. The Morgan fingerprint density at radius 3 is 2.38 bits per heavy atom. The van der Waals surface area contributed by atoms with Crippen LogP contribution in [-0.4, -0.2) is 5.97 Å². The summed E-state index contributed by atoms with van der Waals surface area (Å²) in [5, 5.41) is 2.55. The summed E-state index contributed by atoms with van der Waals surface area (Å²) in [7, 11) is 0. The maximum atomic E-state index is 12.4. The van der Waals surface area contributed by atoms with Crippen molar-refractivity contribution in [2.75, 3.05) is 0 Å². The number of rotatable bonds is 4. The van der Waals surface area contributed by atoms with Gasteiger partial charge < -0.3 is 16.8 Å². The van der Waals surface area contributed by atoms with Crippen molar-refractivity contribution in [1.82, 2.24) is 5.32 Å². The quantitative estimate of drug-likeness (QED) is 0.445. The van der Waals surface area contributed by atoms with E-state index in [2.05, 4.69) is 23.5 Å². The molecule has 4 nitrogen and oxygen atoms in total. The Morgan fingerprint density at radius 2 is 2.08 bits per heavy atom. The molecular weight excluding hydrogens is 171 g/mol. The largest absolute Gasteiger partial charge is 0.397 e. The number of nitrogens with one attached hydrogen (secondary N) is 1. The first-order valence-corrected chi connectivity index (χ1v) is 3.51. The van der Waals surface area contributed by atoms with E-state index >= 15 is 0 Å². The van der Waals surface area contributed by atoms with Gasteiger partial charge in [-0.2, -0.15) is 4.39 Å². The third kappa shape index (κ3) is 3.95. The number of nitrogens with zero attached hydrogens (tertiary/aromatic N) is 1. The molecule has 0 atom stereocenters. The van der Waals surface area contributed by atoms with Crippen LogP contribution in [0.1, 0.15) is 6.92 Å². The lowest BCUT2D eigenvalue weighted by molar-refractivity contribution is 0.786. The van der Waals surface area contributed by atoms with Crippen LogP contribution in [0.25, 0.3) is 0 Å². The van der Waals surface area contributed by atoms with E-state index in [1.54, 1.807) is 0 Å². The SMILES string of the molecule is C=CNC(/N=C(\C)F)=C(\N)C(=C)N. The molecule has 0 saturated heterocycles. The molecule has 0 spiro atoms. The Balaban J connectivity index is 4.99. The first-order valence-electron chi connectivity index (χ1n) is 3.51. The molecule has 0 bridgehead atoms. The molecule has 0 aromatic heterocycles. The smallest absolute Gasteiger partial charge is 0.187 e. The van der Waals surface area contributed by atoms with Crippen LogP contribution in [0.2, 0.25) is 0 Å². The number of nitrogens with two attached hydrogens (primary N) is 2. The fourth-order valence-electron chi connectivity index (χ4n) is 0.573. The van der Waals surface area contributed by atoms with Gasteiger partial charge in [-0.25, -0.2) is 4.99 Å². The highest BCUT2D eigenvalue weighted by molar-refractivity contribution is 5.73. The number of hydrogen-bond acceptors (Lipinski definition) is 4. The highest BCUT2D eigenvalue weighted by atomic mass is 19.1. The van der Waals surface area contributed by atoms with Gasteiger partial charge in [0.1, 0.15) is 0 Å². The molecular formula is C8H13FN4. The fraction of sp³-hybridized carbons (Fsp3) is 0.125. The van der Waals surface area contributed by atoms with Crippen LogP contribution in [0, 0.1) is 0 Å². The average Bonchev–Trinajstić information content (AvgIpc) is 2.01. The standard InChI is InChI=1S/C8H13FN4/c1-4-12-8(13-6(3)9)7(11)5(2)10/h4,12H,1-2,10-11H2,3H3/b8-7+,13-6+. The summed E-state index contributed by atoms with van der Waals surface area (Å²) in [6, 6.07) is 0. The van der Waals surface area contributed by atoms with Crippen LogP contribution in [0.3, 0.4) is 0 Å². The summed E-state index contributed by atoms with van der Waals surface area (Å²) in [4.78, 5) is 3.47. The van der Waals surface area contributed by atoms with Crippen LogP contribution in [0.15, 0.2) is 41.6 Å². The van der Waals surface area contributed by atoms with Gasteiger partial charge in [-0.1, -0.05) is 13.2 Å². The Labute approximate surface area is 76.5 Å². The van der Waals surface area contributed by atoms with E-state index in [0.29, 0.717) is 0 Å². The molecule has 5 N–H and O–H groups in total. The Morgan fingerprint density at radius 1 is 1.54 bits per heavy atom. The normalized spacial score (nSPS) is 13.2. The summed E-state index contributed by atoms with van der Waals surface area (Å²) in [5.41, 5.74) is 11.0. The second-order valence-corrected chi connectivity index (χ2v) is 2.24. The molecule has 0 unspecified atom stereocenters. The molecule has 13 heavy (non-hydrogen) atoms. The zero-order valence-electron chi connectivity index (χ0n) is 7.47. The molecule has 0 heterocycles. The zero-order chi connectivity index (χ0) is 10.4. The lowest BCUT2D eigenvalue weighted by Crippen LogP contribution is -2.17. The monoisotopic (exact) mass is 184 g/mol. The van der Waals surface area contributed by atoms with Gasteiger partial charge in [-0.15, -0.1) is 0 Å². The minimum atomic E-state index is -0.631.